The highest BCUT2D eigenvalue weighted by Crippen LogP contribution is 2.26. The van der Waals surface area contributed by atoms with Gasteiger partial charge in [-0.25, -0.2) is 4.79 Å². The first-order valence-electron chi connectivity index (χ1n) is 5.93. The number of rotatable bonds is 4. The molecule has 0 amide bonds. The predicted molar refractivity (Wildman–Crippen MR) is 64.5 cm³/mol. The van der Waals surface area contributed by atoms with E-state index in [4.69, 9.17) is 4.84 Å². The average Bonchev–Trinajstić information content (AvgIpc) is 2.89. The highest BCUT2D eigenvalue weighted by molar-refractivity contribution is 5.74. The van der Waals surface area contributed by atoms with Gasteiger partial charge in [-0.05, 0) is 5.56 Å². The van der Waals surface area contributed by atoms with Crippen molar-refractivity contribution in [1.29, 1.82) is 0 Å². The molecule has 1 fully saturated rings. The van der Waals surface area contributed by atoms with Crippen molar-refractivity contribution in [3.8, 4) is 0 Å². The number of hydrogen-bond acceptors (Lipinski definition) is 5. The first-order chi connectivity index (χ1) is 8.76. The maximum Gasteiger partial charge on any atom is 0.337 e. The second-order valence-electron chi connectivity index (χ2n) is 4.16. The van der Waals surface area contributed by atoms with Crippen LogP contribution >= 0.6 is 0 Å². The fourth-order valence-electron chi connectivity index (χ4n) is 2.07. The highest BCUT2D eigenvalue weighted by Gasteiger charge is 2.34. The average molecular weight is 251 g/mol. The van der Waals surface area contributed by atoms with E-state index in [9.17, 15) is 9.90 Å². The van der Waals surface area contributed by atoms with Gasteiger partial charge in [-0.15, -0.1) is 0 Å². The minimum absolute atomic E-state index is 0.0576. The Bertz CT molecular complexity index is 395. The molecule has 1 heterocycles. The summed E-state index contributed by atoms with van der Waals surface area (Å²) in [5.74, 6) is -0.373. The van der Waals surface area contributed by atoms with E-state index in [0.717, 1.165) is 5.56 Å². The molecule has 1 aromatic rings. The Morgan fingerprint density at radius 2 is 2.28 bits per heavy atom. The van der Waals surface area contributed by atoms with Crippen LogP contribution in [-0.4, -0.2) is 42.5 Å². The quantitative estimate of drug-likeness (QED) is 0.806. The molecule has 18 heavy (non-hydrogen) atoms. The number of aliphatic hydroxyl groups excluding tert-OH is 1. The molecule has 1 aliphatic rings. The lowest BCUT2D eigenvalue weighted by Gasteiger charge is -2.25. The maximum atomic E-state index is 11.4. The molecule has 2 atom stereocenters. The van der Waals surface area contributed by atoms with E-state index in [1.165, 1.54) is 7.11 Å². The number of hydrogen-bond donors (Lipinski definition) is 1. The van der Waals surface area contributed by atoms with Gasteiger partial charge in [0.05, 0.1) is 19.8 Å². The summed E-state index contributed by atoms with van der Waals surface area (Å²) in [6.45, 7) is 0.539. The summed E-state index contributed by atoms with van der Waals surface area (Å²) in [5.41, 5.74) is 0.963. The molecule has 98 valence electrons. The molecule has 0 bridgehead atoms. The van der Waals surface area contributed by atoms with Gasteiger partial charge >= 0.3 is 5.97 Å². The summed E-state index contributed by atoms with van der Waals surface area (Å²) < 4.78 is 4.65. The van der Waals surface area contributed by atoms with Crippen molar-refractivity contribution in [2.75, 3.05) is 20.3 Å². The Hall–Kier alpha value is -1.43. The van der Waals surface area contributed by atoms with Gasteiger partial charge in [0, 0.05) is 13.0 Å². The van der Waals surface area contributed by atoms with Gasteiger partial charge in [0.1, 0.15) is 0 Å². The van der Waals surface area contributed by atoms with Crippen molar-refractivity contribution >= 4 is 5.97 Å². The van der Waals surface area contributed by atoms with Crippen LogP contribution in [0.2, 0.25) is 0 Å². The van der Waals surface area contributed by atoms with E-state index >= 15 is 0 Å². The first kappa shape index (κ1) is 13.0. The van der Waals surface area contributed by atoms with E-state index < -0.39 is 6.10 Å². The number of benzene rings is 1. The van der Waals surface area contributed by atoms with Crippen molar-refractivity contribution in [3.63, 3.8) is 0 Å². The van der Waals surface area contributed by atoms with Crippen molar-refractivity contribution in [3.05, 3.63) is 35.9 Å². The number of methoxy groups -OCH3 is 1. The van der Waals surface area contributed by atoms with Crippen molar-refractivity contribution in [2.45, 2.75) is 18.6 Å². The third-order valence-corrected chi connectivity index (χ3v) is 3.04. The molecule has 0 saturated carbocycles. The van der Waals surface area contributed by atoms with E-state index in [1.54, 1.807) is 5.06 Å². The minimum Gasteiger partial charge on any atom is -0.467 e. The number of ether oxygens (including phenoxy) is 1. The number of carbonyl (C=O) groups is 1. The number of nitrogens with zero attached hydrogens (tertiary/aromatic N) is 1. The monoisotopic (exact) mass is 251 g/mol. The summed E-state index contributed by atoms with van der Waals surface area (Å²) in [6.07, 6.45) is 0.0171. The van der Waals surface area contributed by atoms with Crippen molar-refractivity contribution in [2.24, 2.45) is 0 Å². The summed E-state index contributed by atoms with van der Waals surface area (Å²) in [4.78, 5) is 16.9. The van der Waals surface area contributed by atoms with Crippen LogP contribution in [0.1, 0.15) is 18.0 Å². The number of carbonyl (C=O) groups excluding carboxylic acids is 1. The van der Waals surface area contributed by atoms with Crippen LogP contribution in [0.4, 0.5) is 0 Å². The number of hydroxylamine groups is 2. The molecular weight excluding hydrogens is 234 g/mol. The predicted octanol–water partition coefficient (Wildman–Crippen LogP) is 0.899. The van der Waals surface area contributed by atoms with E-state index in [-0.39, 0.29) is 18.6 Å². The van der Waals surface area contributed by atoms with Crippen LogP contribution in [0.15, 0.2) is 30.3 Å². The Morgan fingerprint density at radius 3 is 2.89 bits per heavy atom. The zero-order chi connectivity index (χ0) is 13.0. The SMILES string of the molecule is COC(=O)[C@H]1CCN([C@@H](CO)c2ccccc2)O1. The summed E-state index contributed by atoms with van der Waals surface area (Å²) in [5, 5.41) is 11.1. The third kappa shape index (κ3) is 2.69. The standard InChI is InChI=1S/C13H17NO4/c1-17-13(16)12-7-8-14(18-12)11(9-15)10-5-3-2-4-6-10/h2-6,11-12,15H,7-9H2,1H3/t11-,12+/m0/s1. The molecule has 1 aromatic carbocycles. The lowest BCUT2D eigenvalue weighted by atomic mass is 10.1. The molecule has 1 saturated heterocycles. The van der Waals surface area contributed by atoms with Gasteiger partial charge in [-0.2, -0.15) is 5.06 Å². The lowest BCUT2D eigenvalue weighted by Crippen LogP contribution is -2.30. The molecule has 2 rings (SSSR count). The van der Waals surface area contributed by atoms with Crippen LogP contribution in [0.25, 0.3) is 0 Å². The normalized spacial score (nSPS) is 21.8. The Labute approximate surface area is 106 Å². The molecule has 1 aliphatic heterocycles. The van der Waals surface area contributed by atoms with E-state index in [1.807, 2.05) is 30.3 Å². The molecule has 1 N–H and O–H groups in total. The van der Waals surface area contributed by atoms with Gasteiger partial charge in [-0.3, -0.25) is 4.84 Å². The zero-order valence-corrected chi connectivity index (χ0v) is 10.3. The molecule has 0 aliphatic carbocycles. The fraction of sp³-hybridized carbons (Fsp3) is 0.462. The molecule has 0 radical (unpaired) electrons. The maximum absolute atomic E-state index is 11.4. The molecule has 0 aromatic heterocycles. The Balaban J connectivity index is 2.05. The Morgan fingerprint density at radius 1 is 1.56 bits per heavy atom. The lowest BCUT2D eigenvalue weighted by molar-refractivity contribution is -0.198. The summed E-state index contributed by atoms with van der Waals surface area (Å²) >= 11 is 0. The number of aliphatic hydroxyl groups is 1. The first-order valence-corrected chi connectivity index (χ1v) is 5.93. The highest BCUT2D eigenvalue weighted by atomic mass is 16.7. The molecule has 5 heteroatoms. The second kappa shape index (κ2) is 5.95. The van der Waals surface area contributed by atoms with Crippen LogP contribution in [0.3, 0.4) is 0 Å². The van der Waals surface area contributed by atoms with Gasteiger partial charge in [-0.1, -0.05) is 30.3 Å². The minimum atomic E-state index is -0.562. The molecule has 5 nitrogen and oxygen atoms in total. The molecule has 0 unspecified atom stereocenters. The van der Waals surface area contributed by atoms with Gasteiger partial charge in [0.25, 0.3) is 0 Å². The van der Waals surface area contributed by atoms with Crippen LogP contribution in [0, 0.1) is 0 Å². The van der Waals surface area contributed by atoms with E-state index in [0.29, 0.717) is 13.0 Å². The van der Waals surface area contributed by atoms with Crippen molar-refractivity contribution < 1.29 is 19.5 Å². The van der Waals surface area contributed by atoms with Crippen LogP contribution in [0.5, 0.6) is 0 Å². The molecular formula is C13H17NO4. The molecule has 0 spiro atoms. The van der Waals surface area contributed by atoms with Gasteiger partial charge in [0.2, 0.25) is 0 Å². The fourth-order valence-corrected chi connectivity index (χ4v) is 2.07. The topological polar surface area (TPSA) is 59.0 Å². The largest absolute Gasteiger partial charge is 0.467 e. The zero-order valence-electron chi connectivity index (χ0n) is 10.3. The summed E-state index contributed by atoms with van der Waals surface area (Å²) in [6, 6.07) is 9.34. The third-order valence-electron chi connectivity index (χ3n) is 3.04. The Kier molecular flexibility index (Phi) is 4.30. The van der Waals surface area contributed by atoms with E-state index in [2.05, 4.69) is 4.74 Å². The van der Waals surface area contributed by atoms with Gasteiger partial charge in [0.15, 0.2) is 6.10 Å². The van der Waals surface area contributed by atoms with Crippen molar-refractivity contribution in [1.82, 2.24) is 5.06 Å². The van der Waals surface area contributed by atoms with Crippen LogP contribution in [-0.2, 0) is 14.4 Å². The second-order valence-corrected chi connectivity index (χ2v) is 4.16. The number of esters is 1. The van der Waals surface area contributed by atoms with Crippen LogP contribution < -0.4 is 0 Å². The summed E-state index contributed by atoms with van der Waals surface area (Å²) in [7, 11) is 1.34. The van der Waals surface area contributed by atoms with Gasteiger partial charge < -0.3 is 9.84 Å². The smallest absolute Gasteiger partial charge is 0.337 e.